The molecule has 2 atom stereocenters. The van der Waals surface area contributed by atoms with Gasteiger partial charge in [0.15, 0.2) is 0 Å². The van der Waals surface area contributed by atoms with E-state index in [9.17, 15) is 9.59 Å². The molecular formula is C17H21NO2. The molecule has 1 aliphatic heterocycles. The van der Waals surface area contributed by atoms with Crippen LogP contribution in [0.4, 0.5) is 0 Å². The molecule has 2 amide bonds. The van der Waals surface area contributed by atoms with Crippen molar-refractivity contribution in [3.63, 3.8) is 0 Å². The molecule has 3 rings (SSSR count). The third-order valence-electron chi connectivity index (χ3n) is 4.84. The number of carbonyl (C=O) groups excluding carboxylic acids is 2. The molecule has 0 spiro atoms. The lowest BCUT2D eigenvalue weighted by atomic mass is 9.72. The predicted molar refractivity (Wildman–Crippen MR) is 77.1 cm³/mol. The van der Waals surface area contributed by atoms with Crippen molar-refractivity contribution in [1.29, 1.82) is 0 Å². The van der Waals surface area contributed by atoms with Crippen LogP contribution in [0.3, 0.4) is 0 Å². The normalized spacial score (nSPS) is 27.6. The van der Waals surface area contributed by atoms with Gasteiger partial charge in [0, 0.05) is 6.42 Å². The number of hydrogen-bond acceptors (Lipinski definition) is 2. The van der Waals surface area contributed by atoms with E-state index in [0.717, 1.165) is 18.4 Å². The van der Waals surface area contributed by atoms with Gasteiger partial charge in [-0.15, -0.1) is 0 Å². The molecule has 1 aromatic rings. The van der Waals surface area contributed by atoms with Gasteiger partial charge in [-0.05, 0) is 24.3 Å². The molecule has 1 N–H and O–H groups in total. The Balaban J connectivity index is 1.92. The second-order valence-corrected chi connectivity index (χ2v) is 6.21. The minimum absolute atomic E-state index is 0.102. The maximum absolute atomic E-state index is 12.3. The van der Waals surface area contributed by atoms with Crippen LogP contribution in [0.15, 0.2) is 24.3 Å². The Kier molecular flexibility index (Phi) is 3.60. The number of aryl methyl sites for hydroxylation is 1. The maximum atomic E-state index is 12.3. The summed E-state index contributed by atoms with van der Waals surface area (Å²) in [5.74, 6) is 0.339. The minimum Gasteiger partial charge on any atom is -0.296 e. The number of hydrogen-bond donors (Lipinski definition) is 1. The van der Waals surface area contributed by atoms with Crippen molar-refractivity contribution >= 4 is 11.8 Å². The fraction of sp³-hybridized carbons (Fsp3) is 0.529. The molecule has 1 aromatic carbocycles. The molecule has 1 saturated heterocycles. The predicted octanol–water partition coefficient (Wildman–Crippen LogP) is 2.93. The fourth-order valence-corrected chi connectivity index (χ4v) is 3.79. The van der Waals surface area contributed by atoms with E-state index in [0.29, 0.717) is 12.3 Å². The number of nitrogens with one attached hydrogen (secondary N) is 1. The molecule has 20 heavy (non-hydrogen) atoms. The SMILES string of the molecule is Cc1ccc(C2C(=O)NC(=O)CC2C2CCCC2)cc1. The molecule has 3 heteroatoms. The quantitative estimate of drug-likeness (QED) is 0.841. The summed E-state index contributed by atoms with van der Waals surface area (Å²) in [6, 6.07) is 8.17. The van der Waals surface area contributed by atoms with E-state index in [-0.39, 0.29) is 23.7 Å². The first kappa shape index (κ1) is 13.3. The van der Waals surface area contributed by atoms with E-state index in [1.54, 1.807) is 0 Å². The smallest absolute Gasteiger partial charge is 0.234 e. The van der Waals surface area contributed by atoms with Gasteiger partial charge in [0.1, 0.15) is 0 Å². The first-order valence-electron chi connectivity index (χ1n) is 7.55. The molecule has 1 heterocycles. The van der Waals surface area contributed by atoms with Crippen LogP contribution < -0.4 is 5.32 Å². The Morgan fingerprint density at radius 3 is 2.35 bits per heavy atom. The summed E-state index contributed by atoms with van der Waals surface area (Å²) in [5, 5.41) is 2.52. The molecule has 106 valence electrons. The zero-order valence-corrected chi connectivity index (χ0v) is 11.9. The summed E-state index contributed by atoms with van der Waals surface area (Å²) in [6.07, 6.45) is 5.28. The highest BCUT2D eigenvalue weighted by Gasteiger charge is 2.41. The average Bonchev–Trinajstić information content (AvgIpc) is 2.93. The van der Waals surface area contributed by atoms with Gasteiger partial charge in [-0.1, -0.05) is 55.5 Å². The van der Waals surface area contributed by atoms with Crippen LogP contribution in [0.2, 0.25) is 0 Å². The molecule has 0 aromatic heterocycles. The van der Waals surface area contributed by atoms with Gasteiger partial charge in [-0.3, -0.25) is 14.9 Å². The molecule has 1 aliphatic carbocycles. The average molecular weight is 271 g/mol. The van der Waals surface area contributed by atoms with E-state index >= 15 is 0 Å². The van der Waals surface area contributed by atoms with Gasteiger partial charge < -0.3 is 0 Å². The second kappa shape index (κ2) is 5.39. The molecule has 2 fully saturated rings. The van der Waals surface area contributed by atoms with Crippen LogP contribution in [0.5, 0.6) is 0 Å². The zero-order chi connectivity index (χ0) is 14.1. The van der Waals surface area contributed by atoms with Crippen molar-refractivity contribution in [3.05, 3.63) is 35.4 Å². The first-order chi connectivity index (χ1) is 9.65. The molecule has 3 nitrogen and oxygen atoms in total. The van der Waals surface area contributed by atoms with Crippen molar-refractivity contribution in [1.82, 2.24) is 5.32 Å². The Morgan fingerprint density at radius 2 is 1.70 bits per heavy atom. The van der Waals surface area contributed by atoms with E-state index < -0.39 is 0 Å². The summed E-state index contributed by atoms with van der Waals surface area (Å²) in [6.45, 7) is 2.04. The zero-order valence-electron chi connectivity index (χ0n) is 11.9. The van der Waals surface area contributed by atoms with Crippen molar-refractivity contribution < 1.29 is 9.59 Å². The van der Waals surface area contributed by atoms with Gasteiger partial charge in [0.25, 0.3) is 0 Å². The van der Waals surface area contributed by atoms with Gasteiger partial charge in [0.2, 0.25) is 11.8 Å². The van der Waals surface area contributed by atoms with Crippen molar-refractivity contribution in [2.24, 2.45) is 11.8 Å². The van der Waals surface area contributed by atoms with Gasteiger partial charge in [-0.25, -0.2) is 0 Å². The largest absolute Gasteiger partial charge is 0.296 e. The van der Waals surface area contributed by atoms with Crippen molar-refractivity contribution in [3.8, 4) is 0 Å². The molecule has 1 saturated carbocycles. The number of benzene rings is 1. The van der Waals surface area contributed by atoms with E-state index in [4.69, 9.17) is 0 Å². The number of amides is 2. The third-order valence-corrected chi connectivity index (χ3v) is 4.84. The van der Waals surface area contributed by atoms with Crippen LogP contribution >= 0.6 is 0 Å². The highest BCUT2D eigenvalue weighted by molar-refractivity contribution is 6.01. The van der Waals surface area contributed by atoms with E-state index in [1.807, 2.05) is 31.2 Å². The molecule has 0 radical (unpaired) electrons. The second-order valence-electron chi connectivity index (χ2n) is 6.21. The van der Waals surface area contributed by atoms with Crippen molar-refractivity contribution in [2.45, 2.75) is 44.9 Å². The lowest BCUT2D eigenvalue weighted by Gasteiger charge is -2.34. The first-order valence-corrected chi connectivity index (χ1v) is 7.55. The van der Waals surface area contributed by atoms with Crippen LogP contribution in [0, 0.1) is 18.8 Å². The fourth-order valence-electron chi connectivity index (χ4n) is 3.79. The highest BCUT2D eigenvalue weighted by atomic mass is 16.2. The third kappa shape index (κ3) is 2.49. The van der Waals surface area contributed by atoms with Gasteiger partial charge >= 0.3 is 0 Å². The molecular weight excluding hydrogens is 250 g/mol. The monoisotopic (exact) mass is 271 g/mol. The van der Waals surface area contributed by atoms with Crippen LogP contribution in [0.25, 0.3) is 0 Å². The Morgan fingerprint density at radius 1 is 1.05 bits per heavy atom. The highest BCUT2D eigenvalue weighted by Crippen LogP contribution is 2.42. The number of imide groups is 1. The van der Waals surface area contributed by atoms with Crippen LogP contribution in [-0.2, 0) is 9.59 Å². The number of piperidine rings is 1. The number of carbonyl (C=O) groups is 2. The molecule has 0 bridgehead atoms. The van der Waals surface area contributed by atoms with Gasteiger partial charge in [0.05, 0.1) is 5.92 Å². The minimum atomic E-state index is -0.156. The van der Waals surface area contributed by atoms with Crippen molar-refractivity contribution in [2.75, 3.05) is 0 Å². The standard InChI is InChI=1S/C17H21NO2/c1-11-6-8-13(9-7-11)16-14(12-4-2-3-5-12)10-15(19)18-17(16)20/h6-9,12,14,16H,2-5,10H2,1H3,(H,18,19,20). The Labute approximate surface area is 119 Å². The summed E-state index contributed by atoms with van der Waals surface area (Å²) in [7, 11) is 0. The lowest BCUT2D eigenvalue weighted by Crippen LogP contribution is -2.46. The number of rotatable bonds is 2. The molecule has 2 aliphatic rings. The van der Waals surface area contributed by atoms with Gasteiger partial charge in [-0.2, -0.15) is 0 Å². The van der Waals surface area contributed by atoms with Crippen LogP contribution in [0.1, 0.15) is 49.1 Å². The van der Waals surface area contributed by atoms with E-state index in [1.165, 1.54) is 18.4 Å². The maximum Gasteiger partial charge on any atom is 0.234 e. The van der Waals surface area contributed by atoms with Crippen LogP contribution in [-0.4, -0.2) is 11.8 Å². The van der Waals surface area contributed by atoms with E-state index in [2.05, 4.69) is 5.32 Å². The topological polar surface area (TPSA) is 46.2 Å². The summed E-state index contributed by atoms with van der Waals surface area (Å²) in [4.78, 5) is 24.1. The summed E-state index contributed by atoms with van der Waals surface area (Å²) in [5.41, 5.74) is 2.25. The Bertz CT molecular complexity index is 514. The summed E-state index contributed by atoms with van der Waals surface area (Å²) >= 11 is 0. The lowest BCUT2D eigenvalue weighted by molar-refractivity contribution is -0.137. The Hall–Kier alpha value is -1.64. The molecule has 2 unspecified atom stereocenters. The summed E-state index contributed by atoms with van der Waals surface area (Å²) < 4.78 is 0.